The van der Waals surface area contributed by atoms with E-state index in [-0.39, 0.29) is 17.7 Å². The first-order valence-corrected chi connectivity index (χ1v) is 7.49. The van der Waals surface area contributed by atoms with Gasteiger partial charge in [-0.1, -0.05) is 36.8 Å². The minimum atomic E-state index is -0.742. The third-order valence-corrected chi connectivity index (χ3v) is 4.56. The molecule has 0 aromatic heterocycles. The molecule has 0 radical (unpaired) electrons. The van der Waals surface area contributed by atoms with E-state index < -0.39 is 11.4 Å². The monoisotopic (exact) mass is 289 g/mol. The Morgan fingerprint density at radius 1 is 1.24 bits per heavy atom. The highest BCUT2D eigenvalue weighted by molar-refractivity contribution is 5.87. The van der Waals surface area contributed by atoms with Crippen LogP contribution in [0.5, 0.6) is 0 Å². The second-order valence-electron chi connectivity index (χ2n) is 6.34. The summed E-state index contributed by atoms with van der Waals surface area (Å²) in [4.78, 5) is 23.6. The number of carboxylic acid groups (broad SMARTS) is 1. The first-order valence-electron chi connectivity index (χ1n) is 7.49. The van der Waals surface area contributed by atoms with Crippen molar-refractivity contribution < 1.29 is 14.7 Å². The predicted octanol–water partition coefficient (Wildman–Crippen LogP) is 2.58. The molecule has 114 valence electrons. The van der Waals surface area contributed by atoms with E-state index >= 15 is 0 Å². The summed E-state index contributed by atoms with van der Waals surface area (Å²) in [6.45, 7) is 4.23. The van der Waals surface area contributed by atoms with Gasteiger partial charge in [-0.15, -0.1) is 0 Å². The summed E-state index contributed by atoms with van der Waals surface area (Å²) in [6.07, 6.45) is 2.53. The fourth-order valence-electron chi connectivity index (χ4n) is 3.04. The van der Waals surface area contributed by atoms with Gasteiger partial charge in [-0.2, -0.15) is 0 Å². The first-order chi connectivity index (χ1) is 9.93. The van der Waals surface area contributed by atoms with Crippen LogP contribution in [-0.4, -0.2) is 23.5 Å². The minimum Gasteiger partial charge on any atom is -0.481 e. The van der Waals surface area contributed by atoms with Crippen molar-refractivity contribution in [2.45, 2.75) is 38.5 Å². The summed E-state index contributed by atoms with van der Waals surface area (Å²) >= 11 is 0. The number of benzene rings is 1. The van der Waals surface area contributed by atoms with Crippen molar-refractivity contribution >= 4 is 11.9 Å². The van der Waals surface area contributed by atoms with Gasteiger partial charge in [0, 0.05) is 6.54 Å². The van der Waals surface area contributed by atoms with Crippen molar-refractivity contribution in [1.82, 2.24) is 5.32 Å². The maximum atomic E-state index is 12.4. The summed E-state index contributed by atoms with van der Waals surface area (Å²) in [7, 11) is 0. The Kier molecular flexibility index (Phi) is 4.66. The molecule has 1 aliphatic rings. The fourth-order valence-corrected chi connectivity index (χ4v) is 3.04. The van der Waals surface area contributed by atoms with Crippen molar-refractivity contribution in [3.05, 3.63) is 35.9 Å². The molecule has 1 aromatic rings. The number of aliphatic carboxylic acids is 1. The van der Waals surface area contributed by atoms with Crippen LogP contribution in [0.25, 0.3) is 0 Å². The average molecular weight is 289 g/mol. The summed E-state index contributed by atoms with van der Waals surface area (Å²) < 4.78 is 0. The lowest BCUT2D eigenvalue weighted by Gasteiger charge is -2.26. The topological polar surface area (TPSA) is 66.4 Å². The highest BCUT2D eigenvalue weighted by atomic mass is 16.4. The zero-order valence-electron chi connectivity index (χ0n) is 12.6. The molecule has 2 atom stereocenters. The standard InChI is InChI=1S/C17H23NO3/c1-17(2,13-8-4-3-5-9-13)16(21)18-11-12-7-6-10-14(12)15(19)20/h3-5,8-9,12,14H,6-7,10-11H2,1-2H3,(H,18,21)(H,19,20). The SMILES string of the molecule is CC(C)(C(=O)NCC1CCCC1C(=O)O)c1ccccc1. The summed E-state index contributed by atoms with van der Waals surface area (Å²) in [5.41, 5.74) is 0.349. The summed E-state index contributed by atoms with van der Waals surface area (Å²) in [6, 6.07) is 9.64. The number of carbonyl (C=O) groups excluding carboxylic acids is 1. The van der Waals surface area contributed by atoms with E-state index in [1.165, 1.54) is 0 Å². The molecule has 21 heavy (non-hydrogen) atoms. The van der Waals surface area contributed by atoms with Crippen molar-refractivity contribution in [3.8, 4) is 0 Å². The largest absolute Gasteiger partial charge is 0.481 e. The average Bonchev–Trinajstić information content (AvgIpc) is 2.94. The smallest absolute Gasteiger partial charge is 0.306 e. The first kappa shape index (κ1) is 15.5. The van der Waals surface area contributed by atoms with Crippen LogP contribution >= 0.6 is 0 Å². The van der Waals surface area contributed by atoms with Crippen molar-refractivity contribution in [2.24, 2.45) is 11.8 Å². The molecule has 0 heterocycles. The van der Waals surface area contributed by atoms with Crippen LogP contribution in [0.1, 0.15) is 38.7 Å². The Morgan fingerprint density at radius 3 is 2.52 bits per heavy atom. The molecule has 1 saturated carbocycles. The van der Waals surface area contributed by atoms with Crippen LogP contribution in [0.3, 0.4) is 0 Å². The van der Waals surface area contributed by atoms with Crippen LogP contribution in [-0.2, 0) is 15.0 Å². The molecule has 1 amide bonds. The van der Waals surface area contributed by atoms with E-state index in [9.17, 15) is 14.7 Å². The second kappa shape index (κ2) is 6.29. The molecule has 1 aromatic carbocycles. The van der Waals surface area contributed by atoms with Crippen molar-refractivity contribution in [3.63, 3.8) is 0 Å². The molecular formula is C17H23NO3. The van der Waals surface area contributed by atoms with E-state index in [1.54, 1.807) is 0 Å². The van der Waals surface area contributed by atoms with Gasteiger partial charge in [0.2, 0.25) is 5.91 Å². The molecule has 0 aliphatic heterocycles. The van der Waals surface area contributed by atoms with Gasteiger partial charge >= 0.3 is 5.97 Å². The Hall–Kier alpha value is -1.84. The molecule has 4 nitrogen and oxygen atoms in total. The lowest BCUT2D eigenvalue weighted by atomic mass is 9.83. The van der Waals surface area contributed by atoms with Crippen molar-refractivity contribution in [1.29, 1.82) is 0 Å². The molecule has 2 N–H and O–H groups in total. The van der Waals surface area contributed by atoms with E-state index in [2.05, 4.69) is 5.32 Å². The molecule has 0 bridgehead atoms. The van der Waals surface area contributed by atoms with Gasteiger partial charge in [0.25, 0.3) is 0 Å². The maximum absolute atomic E-state index is 12.4. The quantitative estimate of drug-likeness (QED) is 0.875. The van der Waals surface area contributed by atoms with E-state index in [4.69, 9.17) is 0 Å². The third-order valence-electron chi connectivity index (χ3n) is 4.56. The van der Waals surface area contributed by atoms with Gasteiger partial charge < -0.3 is 10.4 Å². The number of hydrogen-bond acceptors (Lipinski definition) is 2. The minimum absolute atomic E-state index is 0.0512. The molecule has 2 unspecified atom stereocenters. The zero-order chi connectivity index (χ0) is 15.5. The van der Waals surface area contributed by atoms with Gasteiger partial charge in [-0.3, -0.25) is 9.59 Å². The molecule has 0 spiro atoms. The molecular weight excluding hydrogens is 266 g/mol. The zero-order valence-corrected chi connectivity index (χ0v) is 12.6. The Morgan fingerprint density at radius 2 is 1.90 bits per heavy atom. The Bertz CT molecular complexity index is 510. The van der Waals surface area contributed by atoms with Crippen LogP contribution < -0.4 is 5.32 Å². The summed E-state index contributed by atoms with van der Waals surface area (Å²) in [5, 5.41) is 12.1. The fraction of sp³-hybridized carbons (Fsp3) is 0.529. The number of carbonyl (C=O) groups is 2. The van der Waals surface area contributed by atoms with Crippen LogP contribution in [0, 0.1) is 11.8 Å². The lowest BCUT2D eigenvalue weighted by Crippen LogP contribution is -2.43. The third kappa shape index (κ3) is 3.43. The lowest BCUT2D eigenvalue weighted by molar-refractivity contribution is -0.143. The van der Waals surface area contributed by atoms with Gasteiger partial charge in [-0.25, -0.2) is 0 Å². The van der Waals surface area contributed by atoms with Crippen LogP contribution in [0.4, 0.5) is 0 Å². The molecule has 1 aliphatic carbocycles. The van der Waals surface area contributed by atoms with Gasteiger partial charge in [0.15, 0.2) is 0 Å². The summed E-state index contributed by atoms with van der Waals surface area (Å²) in [5.74, 6) is -1.05. The second-order valence-corrected chi connectivity index (χ2v) is 6.34. The van der Waals surface area contributed by atoms with Gasteiger partial charge in [0.05, 0.1) is 11.3 Å². The number of rotatable bonds is 5. The number of nitrogens with one attached hydrogen (secondary N) is 1. The van der Waals surface area contributed by atoms with Crippen LogP contribution in [0.15, 0.2) is 30.3 Å². The van der Waals surface area contributed by atoms with Gasteiger partial charge in [0.1, 0.15) is 0 Å². The molecule has 0 saturated heterocycles. The molecule has 2 rings (SSSR count). The van der Waals surface area contributed by atoms with Crippen LogP contribution in [0.2, 0.25) is 0 Å². The van der Waals surface area contributed by atoms with E-state index in [0.29, 0.717) is 6.54 Å². The highest BCUT2D eigenvalue weighted by Gasteiger charge is 2.35. The highest BCUT2D eigenvalue weighted by Crippen LogP contribution is 2.31. The number of carboxylic acids is 1. The number of hydrogen-bond donors (Lipinski definition) is 2. The Balaban J connectivity index is 1.97. The predicted molar refractivity (Wildman–Crippen MR) is 80.9 cm³/mol. The number of amides is 1. The Labute approximate surface area is 125 Å². The molecule has 1 fully saturated rings. The normalized spacial score (nSPS) is 22.0. The molecule has 4 heteroatoms. The van der Waals surface area contributed by atoms with Crippen molar-refractivity contribution in [2.75, 3.05) is 6.54 Å². The van der Waals surface area contributed by atoms with E-state index in [0.717, 1.165) is 24.8 Å². The van der Waals surface area contributed by atoms with E-state index in [1.807, 2.05) is 44.2 Å². The maximum Gasteiger partial charge on any atom is 0.306 e. The van der Waals surface area contributed by atoms with Gasteiger partial charge in [-0.05, 0) is 38.2 Å².